The predicted molar refractivity (Wildman–Crippen MR) is 48.5 cm³/mol. The van der Waals surface area contributed by atoms with Crippen LogP contribution >= 0.6 is 0 Å². The standard InChI is InChI=1S/C9H20N2/c1-3-11(2)8-9(7-10)5-4-6-9/h3-8,10H2,1-2H3. The molecule has 2 nitrogen and oxygen atoms in total. The van der Waals surface area contributed by atoms with Crippen LogP contribution in [0.3, 0.4) is 0 Å². The molecule has 0 aliphatic heterocycles. The van der Waals surface area contributed by atoms with Crippen molar-refractivity contribution in [1.82, 2.24) is 4.90 Å². The summed E-state index contributed by atoms with van der Waals surface area (Å²) in [6, 6.07) is 0. The van der Waals surface area contributed by atoms with E-state index in [9.17, 15) is 0 Å². The van der Waals surface area contributed by atoms with Gasteiger partial charge in [0.15, 0.2) is 0 Å². The molecule has 0 bridgehead atoms. The number of hydrogen-bond acceptors (Lipinski definition) is 2. The van der Waals surface area contributed by atoms with Gasteiger partial charge in [-0.25, -0.2) is 0 Å². The predicted octanol–water partition coefficient (Wildman–Crippen LogP) is 1.07. The van der Waals surface area contributed by atoms with Gasteiger partial charge < -0.3 is 10.6 Å². The molecule has 0 aromatic heterocycles. The summed E-state index contributed by atoms with van der Waals surface area (Å²) in [5.41, 5.74) is 6.24. The van der Waals surface area contributed by atoms with Crippen LogP contribution in [0.5, 0.6) is 0 Å². The average Bonchev–Trinajstić information content (AvgIpc) is 1.96. The Balaban J connectivity index is 2.32. The first-order chi connectivity index (χ1) is 5.22. The molecule has 0 amide bonds. The van der Waals surface area contributed by atoms with Gasteiger partial charge in [0.1, 0.15) is 0 Å². The largest absolute Gasteiger partial charge is 0.330 e. The molecule has 0 atom stereocenters. The molecule has 1 aliphatic rings. The maximum atomic E-state index is 5.75. The second-order valence-electron chi connectivity index (χ2n) is 3.89. The highest BCUT2D eigenvalue weighted by atomic mass is 15.1. The molecule has 1 aliphatic carbocycles. The third kappa shape index (κ3) is 1.94. The summed E-state index contributed by atoms with van der Waals surface area (Å²) < 4.78 is 0. The zero-order valence-corrected chi connectivity index (χ0v) is 7.77. The highest BCUT2D eigenvalue weighted by molar-refractivity contribution is 4.90. The molecule has 0 unspecified atom stereocenters. The molecule has 66 valence electrons. The minimum Gasteiger partial charge on any atom is -0.330 e. The molecular weight excluding hydrogens is 136 g/mol. The third-order valence-corrected chi connectivity index (χ3v) is 2.99. The van der Waals surface area contributed by atoms with Gasteiger partial charge in [-0.05, 0) is 38.4 Å². The van der Waals surface area contributed by atoms with E-state index in [0.29, 0.717) is 5.41 Å². The summed E-state index contributed by atoms with van der Waals surface area (Å²) in [6.45, 7) is 5.40. The number of nitrogens with zero attached hydrogens (tertiary/aromatic N) is 1. The molecule has 1 fully saturated rings. The molecule has 1 rings (SSSR count). The molecule has 11 heavy (non-hydrogen) atoms. The zero-order chi connectivity index (χ0) is 8.32. The first-order valence-corrected chi connectivity index (χ1v) is 4.61. The minimum absolute atomic E-state index is 0.491. The summed E-state index contributed by atoms with van der Waals surface area (Å²) in [4.78, 5) is 2.37. The Bertz CT molecular complexity index is 113. The van der Waals surface area contributed by atoms with E-state index in [0.717, 1.165) is 13.1 Å². The summed E-state index contributed by atoms with van der Waals surface area (Å²) in [5.74, 6) is 0. The quantitative estimate of drug-likeness (QED) is 0.659. The second kappa shape index (κ2) is 3.55. The Kier molecular flexibility index (Phi) is 2.90. The van der Waals surface area contributed by atoms with E-state index in [1.165, 1.54) is 25.8 Å². The van der Waals surface area contributed by atoms with Gasteiger partial charge >= 0.3 is 0 Å². The van der Waals surface area contributed by atoms with E-state index in [2.05, 4.69) is 18.9 Å². The van der Waals surface area contributed by atoms with E-state index in [-0.39, 0.29) is 0 Å². The molecule has 0 aromatic rings. The van der Waals surface area contributed by atoms with Gasteiger partial charge in [0, 0.05) is 6.54 Å². The van der Waals surface area contributed by atoms with Crippen molar-refractivity contribution in [1.29, 1.82) is 0 Å². The van der Waals surface area contributed by atoms with Crippen LogP contribution in [0.15, 0.2) is 0 Å². The van der Waals surface area contributed by atoms with Crippen LogP contribution in [0.2, 0.25) is 0 Å². The van der Waals surface area contributed by atoms with Crippen molar-refractivity contribution in [2.45, 2.75) is 26.2 Å². The van der Waals surface area contributed by atoms with Gasteiger partial charge in [0.2, 0.25) is 0 Å². The Morgan fingerprint density at radius 2 is 2.09 bits per heavy atom. The van der Waals surface area contributed by atoms with Crippen LogP contribution in [0.25, 0.3) is 0 Å². The third-order valence-electron chi connectivity index (χ3n) is 2.99. The lowest BCUT2D eigenvalue weighted by atomic mass is 9.68. The summed E-state index contributed by atoms with van der Waals surface area (Å²) in [6.07, 6.45) is 4.07. The number of hydrogen-bond donors (Lipinski definition) is 1. The maximum absolute atomic E-state index is 5.75. The fraction of sp³-hybridized carbons (Fsp3) is 1.00. The Morgan fingerprint density at radius 1 is 1.45 bits per heavy atom. The van der Waals surface area contributed by atoms with E-state index in [1.54, 1.807) is 0 Å². The van der Waals surface area contributed by atoms with E-state index >= 15 is 0 Å². The fourth-order valence-corrected chi connectivity index (χ4v) is 1.79. The molecular formula is C9H20N2. The highest BCUT2D eigenvalue weighted by Crippen LogP contribution is 2.40. The van der Waals surface area contributed by atoms with E-state index in [4.69, 9.17) is 5.73 Å². The molecule has 0 spiro atoms. The first-order valence-electron chi connectivity index (χ1n) is 4.61. The van der Waals surface area contributed by atoms with E-state index in [1.807, 2.05) is 0 Å². The van der Waals surface area contributed by atoms with Crippen molar-refractivity contribution in [3.63, 3.8) is 0 Å². The normalized spacial score (nSPS) is 21.8. The number of rotatable bonds is 4. The summed E-state index contributed by atoms with van der Waals surface area (Å²) in [5, 5.41) is 0. The van der Waals surface area contributed by atoms with Crippen molar-refractivity contribution in [2.75, 3.05) is 26.7 Å². The lowest BCUT2D eigenvalue weighted by Gasteiger charge is -2.43. The Hall–Kier alpha value is -0.0800. The second-order valence-corrected chi connectivity index (χ2v) is 3.89. The topological polar surface area (TPSA) is 29.3 Å². The maximum Gasteiger partial charge on any atom is 0.00469 e. The highest BCUT2D eigenvalue weighted by Gasteiger charge is 2.35. The average molecular weight is 156 g/mol. The van der Waals surface area contributed by atoms with Gasteiger partial charge in [-0.3, -0.25) is 0 Å². The van der Waals surface area contributed by atoms with Crippen LogP contribution < -0.4 is 5.73 Å². The van der Waals surface area contributed by atoms with Crippen molar-refractivity contribution in [2.24, 2.45) is 11.1 Å². The van der Waals surface area contributed by atoms with Gasteiger partial charge in [0.25, 0.3) is 0 Å². The minimum atomic E-state index is 0.491. The zero-order valence-electron chi connectivity index (χ0n) is 7.77. The van der Waals surface area contributed by atoms with Crippen LogP contribution in [0.1, 0.15) is 26.2 Å². The van der Waals surface area contributed by atoms with Crippen molar-refractivity contribution in [3.8, 4) is 0 Å². The molecule has 0 saturated heterocycles. The molecule has 1 saturated carbocycles. The molecule has 0 radical (unpaired) electrons. The van der Waals surface area contributed by atoms with Crippen LogP contribution in [0.4, 0.5) is 0 Å². The monoisotopic (exact) mass is 156 g/mol. The van der Waals surface area contributed by atoms with Gasteiger partial charge in [-0.1, -0.05) is 13.3 Å². The molecule has 2 N–H and O–H groups in total. The number of nitrogens with two attached hydrogens (primary N) is 1. The van der Waals surface area contributed by atoms with Crippen molar-refractivity contribution in [3.05, 3.63) is 0 Å². The fourth-order valence-electron chi connectivity index (χ4n) is 1.79. The van der Waals surface area contributed by atoms with Crippen LogP contribution in [-0.2, 0) is 0 Å². The molecule has 2 heteroatoms. The van der Waals surface area contributed by atoms with Crippen LogP contribution in [-0.4, -0.2) is 31.6 Å². The SMILES string of the molecule is CCN(C)CC1(CN)CCC1. The molecule has 0 aromatic carbocycles. The Labute approximate surface area is 69.8 Å². The van der Waals surface area contributed by atoms with E-state index < -0.39 is 0 Å². The lowest BCUT2D eigenvalue weighted by molar-refractivity contribution is 0.0902. The Morgan fingerprint density at radius 3 is 2.36 bits per heavy atom. The van der Waals surface area contributed by atoms with Gasteiger partial charge in [-0.15, -0.1) is 0 Å². The smallest absolute Gasteiger partial charge is 0.00469 e. The first kappa shape index (κ1) is 9.01. The van der Waals surface area contributed by atoms with Gasteiger partial charge in [-0.2, -0.15) is 0 Å². The summed E-state index contributed by atoms with van der Waals surface area (Å²) in [7, 11) is 2.18. The van der Waals surface area contributed by atoms with Crippen LogP contribution in [0, 0.1) is 5.41 Å². The summed E-state index contributed by atoms with van der Waals surface area (Å²) >= 11 is 0. The van der Waals surface area contributed by atoms with Crippen molar-refractivity contribution < 1.29 is 0 Å². The van der Waals surface area contributed by atoms with Gasteiger partial charge in [0.05, 0.1) is 0 Å². The van der Waals surface area contributed by atoms with Crippen molar-refractivity contribution >= 4 is 0 Å². The molecule has 0 heterocycles. The lowest BCUT2D eigenvalue weighted by Crippen LogP contribution is -2.45.